The lowest BCUT2D eigenvalue weighted by atomic mass is 9.96. The molecule has 0 radical (unpaired) electrons. The second-order valence-corrected chi connectivity index (χ2v) is 12.3. The number of amides is 3. The van der Waals surface area contributed by atoms with E-state index >= 15 is 0 Å². The maximum atomic E-state index is 13.6. The summed E-state index contributed by atoms with van der Waals surface area (Å²) in [5.41, 5.74) is 5.74. The number of pyridine rings is 1. The Balaban J connectivity index is 1.27. The number of nitrogens with zero attached hydrogens (tertiary/aromatic N) is 5. The number of rotatable bonds is 8. The van der Waals surface area contributed by atoms with E-state index in [2.05, 4.69) is 41.8 Å². The molecule has 3 heterocycles. The molecule has 0 saturated carbocycles. The molecule has 14 heteroatoms. The van der Waals surface area contributed by atoms with E-state index in [4.69, 9.17) is 16.3 Å². The van der Waals surface area contributed by atoms with Gasteiger partial charge in [-0.05, 0) is 82.9 Å². The first kappa shape index (κ1) is 34.8. The van der Waals surface area contributed by atoms with Gasteiger partial charge in [0, 0.05) is 46.3 Å². The Hall–Kier alpha value is -6.08. The van der Waals surface area contributed by atoms with Crippen molar-refractivity contribution in [1.82, 2.24) is 35.8 Å². The van der Waals surface area contributed by atoms with Gasteiger partial charge in [-0.15, -0.1) is 5.10 Å². The Morgan fingerprint density at radius 3 is 2.67 bits per heavy atom. The van der Waals surface area contributed by atoms with Gasteiger partial charge >= 0.3 is 6.09 Å². The first-order valence-corrected chi connectivity index (χ1v) is 16.8. The Labute approximate surface area is 299 Å². The van der Waals surface area contributed by atoms with Crippen molar-refractivity contribution in [2.75, 3.05) is 17.7 Å². The number of carbonyl (C=O) groups excluding carboxylic acids is 3. The van der Waals surface area contributed by atoms with E-state index in [9.17, 15) is 14.4 Å². The molecule has 1 aliphatic rings. The molecule has 5 aromatic rings. The van der Waals surface area contributed by atoms with E-state index in [1.165, 1.54) is 24.2 Å². The minimum absolute atomic E-state index is 0.152. The lowest BCUT2D eigenvalue weighted by molar-refractivity contribution is -0.122. The van der Waals surface area contributed by atoms with Crippen LogP contribution in [0.15, 0.2) is 97.5 Å². The van der Waals surface area contributed by atoms with Gasteiger partial charge in [-0.1, -0.05) is 60.8 Å². The molecular weight excluding hydrogens is 670 g/mol. The molecule has 2 aromatic heterocycles. The fraction of sp³-hybridized carbons (Fsp3) is 0.216. The molecule has 2 bridgehead atoms. The minimum atomic E-state index is -0.610. The maximum absolute atomic E-state index is 13.6. The first-order valence-electron chi connectivity index (χ1n) is 16.4. The predicted octanol–water partition coefficient (Wildman–Crippen LogP) is 6.10. The smallest absolute Gasteiger partial charge is 0.411 e. The summed E-state index contributed by atoms with van der Waals surface area (Å²) in [5.74, 6) is -0.471. The quantitative estimate of drug-likeness (QED) is 0.140. The summed E-state index contributed by atoms with van der Waals surface area (Å²) < 4.78 is 6.29. The number of anilines is 2. The highest BCUT2D eigenvalue weighted by molar-refractivity contribution is 6.30. The van der Waals surface area contributed by atoms with Crippen molar-refractivity contribution < 1.29 is 19.1 Å². The van der Waals surface area contributed by atoms with Crippen LogP contribution in [0.5, 0.6) is 0 Å². The van der Waals surface area contributed by atoms with Crippen molar-refractivity contribution in [2.24, 2.45) is 0 Å². The number of halogens is 1. The van der Waals surface area contributed by atoms with E-state index < -0.39 is 18.2 Å². The number of benzene rings is 3. The molecule has 0 saturated heterocycles. The number of carbonyl (C=O) groups is 3. The SMILES string of the molecule is COC(=O)Nc1ccc2c(c1)N[C@@H](C(=O)NCc1ccccc1)CCCC[C@H](NC(=O)/C=C/c1cc(Cl)ccc1-n1cnnn1)c1cc-2ccn1. The van der Waals surface area contributed by atoms with Crippen molar-refractivity contribution in [2.45, 2.75) is 44.3 Å². The van der Waals surface area contributed by atoms with Crippen LogP contribution in [0, 0.1) is 0 Å². The topological polar surface area (TPSA) is 165 Å². The summed E-state index contributed by atoms with van der Waals surface area (Å²) in [5, 5.41) is 24.2. The van der Waals surface area contributed by atoms with Gasteiger partial charge in [0.2, 0.25) is 11.8 Å². The van der Waals surface area contributed by atoms with Crippen LogP contribution in [-0.4, -0.2) is 56.3 Å². The Bertz CT molecular complexity index is 2020. The Morgan fingerprint density at radius 1 is 1.02 bits per heavy atom. The van der Waals surface area contributed by atoms with Gasteiger partial charge in [-0.3, -0.25) is 19.9 Å². The summed E-state index contributed by atoms with van der Waals surface area (Å²) >= 11 is 6.27. The third-order valence-electron chi connectivity index (χ3n) is 8.41. The van der Waals surface area contributed by atoms with Crippen molar-refractivity contribution >= 4 is 47.0 Å². The third kappa shape index (κ3) is 9.13. The summed E-state index contributed by atoms with van der Waals surface area (Å²) in [4.78, 5) is 43.7. The molecule has 1 aliphatic heterocycles. The van der Waals surface area contributed by atoms with E-state index in [-0.39, 0.29) is 11.8 Å². The van der Waals surface area contributed by atoms with Gasteiger partial charge in [0.15, 0.2) is 0 Å². The van der Waals surface area contributed by atoms with Gasteiger partial charge in [0.1, 0.15) is 12.4 Å². The highest BCUT2D eigenvalue weighted by Crippen LogP contribution is 2.34. The molecule has 2 atom stereocenters. The number of aromatic nitrogens is 5. The van der Waals surface area contributed by atoms with E-state index in [1.54, 1.807) is 42.6 Å². The van der Waals surface area contributed by atoms with E-state index in [0.29, 0.717) is 65.6 Å². The van der Waals surface area contributed by atoms with Crippen molar-refractivity contribution in [3.63, 3.8) is 0 Å². The molecule has 3 aromatic carbocycles. The molecule has 13 nitrogen and oxygen atoms in total. The molecule has 260 valence electrons. The standard InChI is InChI=1S/C37H36ClN9O4/c1-51-37(50)42-28-13-14-29-25-17-18-39-33(20-25)30(44-35(48)16-11-26-19-27(38)12-15-34(26)47-23-41-45-46-47)9-5-6-10-31(43-32(29)21-28)36(49)40-22-24-7-3-2-4-8-24/h2-4,7-8,11-21,23,30-31,43H,5-6,9-10,22H2,1H3,(H,40,49)(H,42,50)(H,44,48)/b16-11+/t30-,31+/m0/s1. The highest BCUT2D eigenvalue weighted by atomic mass is 35.5. The van der Waals surface area contributed by atoms with Gasteiger partial charge in [-0.2, -0.15) is 4.68 Å². The van der Waals surface area contributed by atoms with Crippen LogP contribution >= 0.6 is 11.6 Å². The lowest BCUT2D eigenvalue weighted by Gasteiger charge is -2.25. The number of hydrogen-bond acceptors (Lipinski definition) is 9. The number of fused-ring (bicyclic) bond motifs is 4. The molecule has 0 aliphatic carbocycles. The molecule has 6 rings (SSSR count). The van der Waals surface area contributed by atoms with Gasteiger partial charge < -0.3 is 20.7 Å². The summed E-state index contributed by atoms with van der Waals surface area (Å²) in [6.45, 7) is 0.385. The van der Waals surface area contributed by atoms with Crippen LogP contribution in [0.25, 0.3) is 22.9 Å². The van der Waals surface area contributed by atoms with Crippen LogP contribution in [0.2, 0.25) is 5.02 Å². The fourth-order valence-corrected chi connectivity index (χ4v) is 6.03. The van der Waals surface area contributed by atoms with Gasteiger partial charge in [0.05, 0.1) is 24.5 Å². The van der Waals surface area contributed by atoms with Crippen LogP contribution < -0.4 is 21.3 Å². The number of ether oxygens (including phenoxy) is 1. The van der Waals surface area contributed by atoms with Crippen molar-refractivity contribution in [1.29, 1.82) is 0 Å². The zero-order valence-electron chi connectivity index (χ0n) is 27.8. The molecule has 0 fully saturated rings. The largest absolute Gasteiger partial charge is 0.453 e. The summed E-state index contributed by atoms with van der Waals surface area (Å²) in [6.07, 6.45) is 8.17. The molecule has 51 heavy (non-hydrogen) atoms. The van der Waals surface area contributed by atoms with Crippen LogP contribution in [-0.2, 0) is 20.9 Å². The number of hydrogen-bond donors (Lipinski definition) is 4. The van der Waals surface area contributed by atoms with E-state index in [0.717, 1.165) is 16.7 Å². The molecule has 0 spiro atoms. The molecular formula is C37H36ClN9O4. The lowest BCUT2D eigenvalue weighted by Crippen LogP contribution is -2.39. The second-order valence-electron chi connectivity index (χ2n) is 11.9. The second kappa shape index (κ2) is 16.5. The Morgan fingerprint density at radius 2 is 1.86 bits per heavy atom. The number of tetrazole rings is 1. The zero-order chi connectivity index (χ0) is 35.6. The normalized spacial score (nSPS) is 15.7. The third-order valence-corrected chi connectivity index (χ3v) is 8.64. The van der Waals surface area contributed by atoms with Crippen LogP contribution in [0.1, 0.15) is 48.5 Å². The van der Waals surface area contributed by atoms with Gasteiger partial charge in [0.25, 0.3) is 0 Å². The highest BCUT2D eigenvalue weighted by Gasteiger charge is 2.23. The zero-order valence-corrected chi connectivity index (χ0v) is 28.5. The predicted molar refractivity (Wildman–Crippen MR) is 194 cm³/mol. The van der Waals surface area contributed by atoms with Crippen LogP contribution in [0.3, 0.4) is 0 Å². The number of nitrogens with one attached hydrogen (secondary N) is 4. The fourth-order valence-electron chi connectivity index (χ4n) is 5.85. The van der Waals surface area contributed by atoms with Gasteiger partial charge in [-0.25, -0.2) is 4.79 Å². The maximum Gasteiger partial charge on any atom is 0.411 e. The first-order chi connectivity index (χ1) is 24.9. The summed E-state index contributed by atoms with van der Waals surface area (Å²) in [7, 11) is 1.29. The Kier molecular flexibility index (Phi) is 11.3. The van der Waals surface area contributed by atoms with Crippen molar-refractivity contribution in [3.8, 4) is 16.8 Å². The van der Waals surface area contributed by atoms with E-state index in [1.807, 2.05) is 48.5 Å². The summed E-state index contributed by atoms with van der Waals surface area (Å²) in [6, 6.07) is 23.1. The average Bonchev–Trinajstić information content (AvgIpc) is 3.69. The monoisotopic (exact) mass is 705 g/mol. The van der Waals surface area contributed by atoms with Crippen LogP contribution in [0.4, 0.5) is 16.2 Å². The molecule has 0 unspecified atom stereocenters. The number of methoxy groups -OCH3 is 1. The average molecular weight is 706 g/mol. The molecule has 4 N–H and O–H groups in total. The van der Waals surface area contributed by atoms with Crippen molar-refractivity contribution in [3.05, 3.63) is 119 Å². The minimum Gasteiger partial charge on any atom is -0.453 e. The molecule has 3 amide bonds.